The first-order chi connectivity index (χ1) is 12.7. The summed E-state index contributed by atoms with van der Waals surface area (Å²) in [5.74, 6) is -0.384. The van der Waals surface area contributed by atoms with Crippen LogP contribution >= 0.6 is 11.3 Å². The zero-order valence-electron chi connectivity index (χ0n) is 14.8. The summed E-state index contributed by atoms with van der Waals surface area (Å²) in [7, 11) is 0. The summed E-state index contributed by atoms with van der Waals surface area (Å²) in [6.07, 6.45) is 7.03. The Morgan fingerprint density at radius 3 is 2.62 bits per heavy atom. The third-order valence-corrected chi connectivity index (χ3v) is 5.81. The molecule has 0 bridgehead atoms. The molecule has 4 N–H and O–H groups in total. The molecule has 1 aliphatic rings. The highest BCUT2D eigenvalue weighted by atomic mass is 32.1. The average molecular weight is 372 g/mol. The van der Waals surface area contributed by atoms with Crippen LogP contribution in [0, 0.1) is 0 Å². The van der Waals surface area contributed by atoms with E-state index in [1.54, 1.807) is 29.5 Å². The van der Waals surface area contributed by atoms with Gasteiger partial charge in [-0.25, -0.2) is 0 Å². The van der Waals surface area contributed by atoms with Gasteiger partial charge in [0.1, 0.15) is 0 Å². The maximum atomic E-state index is 12.7. The topological polar surface area (TPSA) is 84.2 Å². The van der Waals surface area contributed by atoms with Crippen LogP contribution < -0.4 is 16.4 Å². The molecule has 5 nitrogen and oxygen atoms in total. The van der Waals surface area contributed by atoms with Gasteiger partial charge in [0.05, 0.1) is 16.1 Å². The third kappa shape index (κ3) is 4.51. The monoisotopic (exact) mass is 371 g/mol. The number of benzene rings is 1. The SMILES string of the molecule is NCCNC(=O)c1ccccc1NC(=O)c1cc2c(s1)CCCCCC2. The Morgan fingerprint density at radius 1 is 1.04 bits per heavy atom. The highest BCUT2D eigenvalue weighted by molar-refractivity contribution is 7.14. The lowest BCUT2D eigenvalue weighted by Crippen LogP contribution is -2.29. The molecule has 0 atom stereocenters. The molecule has 3 rings (SSSR count). The number of para-hydroxylation sites is 1. The first kappa shape index (κ1) is 18.6. The number of aryl methyl sites for hydroxylation is 2. The van der Waals surface area contributed by atoms with Gasteiger partial charge in [0.25, 0.3) is 11.8 Å². The van der Waals surface area contributed by atoms with Crippen molar-refractivity contribution in [1.82, 2.24) is 5.32 Å². The molecule has 2 aromatic rings. The molecule has 0 spiro atoms. The lowest BCUT2D eigenvalue weighted by molar-refractivity contribution is 0.0955. The second-order valence-electron chi connectivity index (χ2n) is 6.52. The Hall–Kier alpha value is -2.18. The Labute approximate surface area is 158 Å². The molecule has 26 heavy (non-hydrogen) atoms. The number of hydrogen-bond donors (Lipinski definition) is 3. The van der Waals surface area contributed by atoms with Crippen molar-refractivity contribution in [1.29, 1.82) is 0 Å². The molecule has 0 radical (unpaired) electrons. The number of carbonyl (C=O) groups excluding carboxylic acids is 2. The largest absolute Gasteiger partial charge is 0.351 e. The van der Waals surface area contributed by atoms with Crippen LogP contribution in [0.5, 0.6) is 0 Å². The van der Waals surface area contributed by atoms with Crippen molar-refractivity contribution >= 4 is 28.8 Å². The molecule has 6 heteroatoms. The van der Waals surface area contributed by atoms with Gasteiger partial charge in [-0.1, -0.05) is 25.0 Å². The molecule has 1 aliphatic carbocycles. The molecule has 0 unspecified atom stereocenters. The predicted octanol–water partition coefficient (Wildman–Crippen LogP) is 3.35. The minimum Gasteiger partial charge on any atom is -0.351 e. The molecule has 0 aliphatic heterocycles. The summed E-state index contributed by atoms with van der Waals surface area (Å²) in [4.78, 5) is 27.1. The number of carbonyl (C=O) groups is 2. The number of anilines is 1. The van der Waals surface area contributed by atoms with Gasteiger partial charge in [-0.05, 0) is 49.4 Å². The van der Waals surface area contributed by atoms with Crippen LogP contribution in [0.1, 0.15) is 56.2 Å². The summed E-state index contributed by atoms with van der Waals surface area (Å²) in [5, 5.41) is 5.65. The van der Waals surface area contributed by atoms with E-state index in [4.69, 9.17) is 5.73 Å². The quantitative estimate of drug-likeness (QED) is 0.753. The number of hydrogen-bond acceptors (Lipinski definition) is 4. The lowest BCUT2D eigenvalue weighted by Gasteiger charge is -2.10. The highest BCUT2D eigenvalue weighted by Gasteiger charge is 2.18. The van der Waals surface area contributed by atoms with Crippen molar-refractivity contribution in [2.75, 3.05) is 18.4 Å². The summed E-state index contributed by atoms with van der Waals surface area (Å²) in [6, 6.07) is 9.07. The van der Waals surface area contributed by atoms with E-state index in [9.17, 15) is 9.59 Å². The van der Waals surface area contributed by atoms with E-state index in [1.165, 1.54) is 36.1 Å². The molecule has 138 valence electrons. The van der Waals surface area contributed by atoms with E-state index in [1.807, 2.05) is 12.1 Å². The van der Waals surface area contributed by atoms with E-state index >= 15 is 0 Å². The van der Waals surface area contributed by atoms with Gasteiger partial charge in [0, 0.05) is 18.0 Å². The van der Waals surface area contributed by atoms with E-state index in [0.29, 0.717) is 29.2 Å². The second kappa shape index (κ2) is 8.96. The molecule has 0 saturated heterocycles. The predicted molar refractivity (Wildman–Crippen MR) is 106 cm³/mol. The van der Waals surface area contributed by atoms with E-state index in [-0.39, 0.29) is 11.8 Å². The third-order valence-electron chi connectivity index (χ3n) is 4.57. The normalized spacial score (nSPS) is 14.0. The second-order valence-corrected chi connectivity index (χ2v) is 7.65. The molecular weight excluding hydrogens is 346 g/mol. The Kier molecular flexibility index (Phi) is 6.41. The molecular formula is C20H25N3O2S. The highest BCUT2D eigenvalue weighted by Crippen LogP contribution is 2.29. The summed E-state index contributed by atoms with van der Waals surface area (Å²) in [6.45, 7) is 0.778. The van der Waals surface area contributed by atoms with Crippen molar-refractivity contribution in [3.8, 4) is 0 Å². The van der Waals surface area contributed by atoms with Crippen molar-refractivity contribution in [2.45, 2.75) is 38.5 Å². The average Bonchev–Trinajstić information content (AvgIpc) is 3.02. The van der Waals surface area contributed by atoms with Gasteiger partial charge in [-0.2, -0.15) is 0 Å². The molecule has 0 saturated carbocycles. The van der Waals surface area contributed by atoms with E-state index in [2.05, 4.69) is 10.6 Å². The lowest BCUT2D eigenvalue weighted by atomic mass is 10.00. The number of nitrogens with one attached hydrogen (secondary N) is 2. The van der Waals surface area contributed by atoms with Crippen LogP contribution in [-0.4, -0.2) is 24.9 Å². The fourth-order valence-corrected chi connectivity index (χ4v) is 4.36. The van der Waals surface area contributed by atoms with Gasteiger partial charge in [0.15, 0.2) is 0 Å². The Morgan fingerprint density at radius 2 is 1.81 bits per heavy atom. The minimum absolute atomic E-state index is 0.152. The number of thiophene rings is 1. The number of rotatable bonds is 5. The van der Waals surface area contributed by atoms with Crippen molar-refractivity contribution in [2.24, 2.45) is 5.73 Å². The van der Waals surface area contributed by atoms with Gasteiger partial charge >= 0.3 is 0 Å². The molecule has 2 amide bonds. The molecule has 1 heterocycles. The fourth-order valence-electron chi connectivity index (χ4n) is 3.21. The van der Waals surface area contributed by atoms with E-state index in [0.717, 1.165) is 12.8 Å². The van der Waals surface area contributed by atoms with Crippen molar-refractivity contribution in [3.05, 3.63) is 51.2 Å². The fraction of sp³-hybridized carbons (Fsp3) is 0.400. The zero-order chi connectivity index (χ0) is 18.4. The van der Waals surface area contributed by atoms with Gasteiger partial charge in [0.2, 0.25) is 0 Å². The number of nitrogens with two attached hydrogens (primary N) is 1. The van der Waals surface area contributed by atoms with Gasteiger partial charge in [-0.15, -0.1) is 11.3 Å². The van der Waals surface area contributed by atoms with Crippen LogP contribution in [0.2, 0.25) is 0 Å². The first-order valence-corrected chi connectivity index (χ1v) is 10.0. The van der Waals surface area contributed by atoms with Crippen LogP contribution in [0.4, 0.5) is 5.69 Å². The zero-order valence-corrected chi connectivity index (χ0v) is 15.7. The number of amides is 2. The smallest absolute Gasteiger partial charge is 0.265 e. The van der Waals surface area contributed by atoms with Crippen molar-refractivity contribution in [3.63, 3.8) is 0 Å². The van der Waals surface area contributed by atoms with Crippen LogP contribution in [-0.2, 0) is 12.8 Å². The van der Waals surface area contributed by atoms with Crippen molar-refractivity contribution < 1.29 is 9.59 Å². The summed E-state index contributed by atoms with van der Waals surface area (Å²) < 4.78 is 0. The Bertz CT molecular complexity index is 760. The molecule has 1 aromatic carbocycles. The van der Waals surface area contributed by atoms with Gasteiger partial charge < -0.3 is 16.4 Å². The van der Waals surface area contributed by atoms with Gasteiger partial charge in [-0.3, -0.25) is 9.59 Å². The van der Waals surface area contributed by atoms with Crippen LogP contribution in [0.3, 0.4) is 0 Å². The Balaban J connectivity index is 1.76. The molecule has 1 aromatic heterocycles. The van der Waals surface area contributed by atoms with E-state index < -0.39 is 0 Å². The van der Waals surface area contributed by atoms with Crippen LogP contribution in [0.15, 0.2) is 30.3 Å². The molecule has 0 fully saturated rings. The number of fused-ring (bicyclic) bond motifs is 1. The minimum atomic E-state index is -0.232. The maximum absolute atomic E-state index is 12.7. The maximum Gasteiger partial charge on any atom is 0.265 e. The standard InChI is InChI=1S/C20H25N3O2S/c21-11-12-22-19(24)15-8-5-6-9-16(15)23-20(25)18-13-14-7-3-1-2-4-10-17(14)26-18/h5-6,8-9,13H,1-4,7,10-12,21H2,(H,22,24)(H,23,25). The summed E-state index contributed by atoms with van der Waals surface area (Å²) in [5.41, 5.74) is 7.72. The first-order valence-electron chi connectivity index (χ1n) is 9.19. The summed E-state index contributed by atoms with van der Waals surface area (Å²) >= 11 is 1.58. The van der Waals surface area contributed by atoms with Crippen LogP contribution in [0.25, 0.3) is 0 Å².